The van der Waals surface area contributed by atoms with Crippen molar-refractivity contribution in [2.24, 2.45) is 0 Å². The third-order valence-corrected chi connectivity index (χ3v) is 4.44. The van der Waals surface area contributed by atoms with Gasteiger partial charge in [-0.15, -0.1) is 0 Å². The van der Waals surface area contributed by atoms with Gasteiger partial charge in [0, 0.05) is 12.3 Å². The van der Waals surface area contributed by atoms with E-state index in [0.717, 1.165) is 33.0 Å². The van der Waals surface area contributed by atoms with Crippen LogP contribution < -0.4 is 0 Å². The van der Waals surface area contributed by atoms with Crippen molar-refractivity contribution in [3.63, 3.8) is 0 Å². The van der Waals surface area contributed by atoms with Crippen LogP contribution in [0.25, 0.3) is 33.1 Å². The van der Waals surface area contributed by atoms with Crippen molar-refractivity contribution >= 4 is 39.0 Å². The van der Waals surface area contributed by atoms with Crippen molar-refractivity contribution in [1.82, 2.24) is 14.5 Å². The zero-order chi connectivity index (χ0) is 16.3. The largest absolute Gasteiger partial charge is 0.274 e. The standard InChI is InChI=1S/C19H17N3O/c1-10-5-6-17-14(7-10)18-19(22(17)13(4)23)21-16-9-12(3)11(2)8-15(16)20-18/h5-9H,1-4H3. The molecule has 0 unspecified atom stereocenters. The summed E-state index contributed by atoms with van der Waals surface area (Å²) in [6.45, 7) is 7.73. The molecule has 23 heavy (non-hydrogen) atoms. The number of rotatable bonds is 0. The second-order valence-corrected chi connectivity index (χ2v) is 6.20. The summed E-state index contributed by atoms with van der Waals surface area (Å²) in [5.74, 6) is -0.0497. The van der Waals surface area contributed by atoms with Crippen LogP contribution in [0.5, 0.6) is 0 Å². The topological polar surface area (TPSA) is 47.8 Å². The van der Waals surface area contributed by atoms with Crippen molar-refractivity contribution in [2.75, 3.05) is 0 Å². The Hall–Kier alpha value is -2.75. The van der Waals surface area contributed by atoms with Gasteiger partial charge in [-0.25, -0.2) is 9.97 Å². The van der Waals surface area contributed by atoms with E-state index in [9.17, 15) is 4.79 Å². The van der Waals surface area contributed by atoms with Crippen LogP contribution >= 0.6 is 0 Å². The van der Waals surface area contributed by atoms with Crippen molar-refractivity contribution in [3.05, 3.63) is 47.0 Å². The van der Waals surface area contributed by atoms with Crippen LogP contribution in [-0.2, 0) is 0 Å². The average Bonchev–Trinajstić information content (AvgIpc) is 2.79. The molecular formula is C19H17N3O. The maximum Gasteiger partial charge on any atom is 0.229 e. The Morgan fingerprint density at radius 3 is 2.26 bits per heavy atom. The van der Waals surface area contributed by atoms with E-state index in [1.807, 2.05) is 25.1 Å². The molecule has 4 heteroatoms. The molecular weight excluding hydrogens is 286 g/mol. The van der Waals surface area contributed by atoms with Crippen molar-refractivity contribution in [2.45, 2.75) is 27.7 Å². The molecule has 0 saturated carbocycles. The molecule has 0 fully saturated rings. The van der Waals surface area contributed by atoms with E-state index in [-0.39, 0.29) is 5.91 Å². The summed E-state index contributed by atoms with van der Waals surface area (Å²) in [6.07, 6.45) is 0. The Morgan fingerprint density at radius 2 is 1.61 bits per heavy atom. The van der Waals surface area contributed by atoms with Gasteiger partial charge in [0.25, 0.3) is 0 Å². The van der Waals surface area contributed by atoms with Gasteiger partial charge in [0.15, 0.2) is 5.65 Å². The molecule has 0 bridgehead atoms. The summed E-state index contributed by atoms with van der Waals surface area (Å²) in [6, 6.07) is 10.1. The van der Waals surface area contributed by atoms with Crippen LogP contribution in [0, 0.1) is 20.8 Å². The first kappa shape index (κ1) is 13.9. The molecule has 0 spiro atoms. The van der Waals surface area contributed by atoms with E-state index < -0.39 is 0 Å². The zero-order valence-corrected chi connectivity index (χ0v) is 13.6. The Morgan fingerprint density at radius 1 is 0.957 bits per heavy atom. The van der Waals surface area contributed by atoms with Gasteiger partial charge < -0.3 is 0 Å². The normalized spacial score (nSPS) is 11.7. The van der Waals surface area contributed by atoms with E-state index in [4.69, 9.17) is 9.97 Å². The monoisotopic (exact) mass is 303 g/mol. The number of hydrogen-bond donors (Lipinski definition) is 0. The zero-order valence-electron chi connectivity index (χ0n) is 13.6. The van der Waals surface area contributed by atoms with Crippen LogP contribution in [0.2, 0.25) is 0 Å². The Balaban J connectivity index is 2.27. The highest BCUT2D eigenvalue weighted by Gasteiger charge is 2.17. The van der Waals surface area contributed by atoms with Gasteiger partial charge in [-0.2, -0.15) is 0 Å². The van der Waals surface area contributed by atoms with Gasteiger partial charge >= 0.3 is 0 Å². The second-order valence-electron chi connectivity index (χ2n) is 6.20. The summed E-state index contributed by atoms with van der Waals surface area (Å²) in [5.41, 5.74) is 7.48. The number of benzene rings is 2. The Bertz CT molecular complexity index is 1120. The predicted molar refractivity (Wildman–Crippen MR) is 93.1 cm³/mol. The number of hydrogen-bond acceptors (Lipinski definition) is 3. The van der Waals surface area contributed by atoms with E-state index in [0.29, 0.717) is 5.65 Å². The molecule has 4 aromatic rings. The predicted octanol–water partition coefficient (Wildman–Crippen LogP) is 4.32. The number of carbonyl (C=O) groups is 1. The van der Waals surface area contributed by atoms with E-state index >= 15 is 0 Å². The lowest BCUT2D eigenvalue weighted by Gasteiger charge is -2.04. The highest BCUT2D eigenvalue weighted by atomic mass is 16.1. The smallest absolute Gasteiger partial charge is 0.229 e. The molecule has 4 rings (SSSR count). The summed E-state index contributed by atoms with van der Waals surface area (Å²) in [7, 11) is 0. The lowest BCUT2D eigenvalue weighted by molar-refractivity contribution is 0.0946. The second kappa shape index (κ2) is 4.62. The highest BCUT2D eigenvalue weighted by molar-refractivity contribution is 6.11. The first-order valence-corrected chi connectivity index (χ1v) is 7.66. The average molecular weight is 303 g/mol. The first-order valence-electron chi connectivity index (χ1n) is 7.66. The third kappa shape index (κ3) is 1.95. The summed E-state index contributed by atoms with van der Waals surface area (Å²) < 4.78 is 1.66. The number of fused-ring (bicyclic) bond motifs is 4. The minimum Gasteiger partial charge on any atom is -0.274 e. The summed E-state index contributed by atoms with van der Waals surface area (Å²) in [4.78, 5) is 21.7. The molecule has 0 N–H and O–H groups in total. The number of carbonyl (C=O) groups excluding carboxylic acids is 1. The SMILES string of the molecule is CC(=O)n1c2ccc(C)cc2c2nc3cc(C)c(C)cc3nc21. The molecule has 0 radical (unpaired) electrons. The summed E-state index contributed by atoms with van der Waals surface area (Å²) >= 11 is 0. The number of aryl methyl sites for hydroxylation is 3. The maximum absolute atomic E-state index is 12.2. The van der Waals surface area contributed by atoms with Crippen LogP contribution in [0.15, 0.2) is 30.3 Å². The Labute approximate surface area is 133 Å². The fraction of sp³-hybridized carbons (Fsp3) is 0.211. The van der Waals surface area contributed by atoms with Gasteiger partial charge in [0.2, 0.25) is 5.91 Å². The molecule has 2 aromatic carbocycles. The minimum atomic E-state index is -0.0497. The molecule has 114 valence electrons. The van der Waals surface area contributed by atoms with Crippen LogP contribution in [0.1, 0.15) is 28.4 Å². The molecule has 0 aliphatic carbocycles. The molecule has 0 aliphatic rings. The fourth-order valence-corrected chi connectivity index (χ4v) is 3.11. The number of aromatic nitrogens is 3. The molecule has 0 amide bonds. The molecule has 2 heterocycles. The van der Waals surface area contributed by atoms with Crippen LogP contribution in [-0.4, -0.2) is 20.4 Å². The molecule has 4 nitrogen and oxygen atoms in total. The quantitative estimate of drug-likeness (QED) is 0.486. The van der Waals surface area contributed by atoms with Crippen molar-refractivity contribution in [1.29, 1.82) is 0 Å². The molecule has 0 aliphatic heterocycles. The molecule has 2 aromatic heterocycles. The van der Waals surface area contributed by atoms with E-state index in [1.165, 1.54) is 11.1 Å². The maximum atomic E-state index is 12.2. The van der Waals surface area contributed by atoms with Gasteiger partial charge in [-0.05, 0) is 56.2 Å². The van der Waals surface area contributed by atoms with Gasteiger partial charge in [-0.3, -0.25) is 9.36 Å². The van der Waals surface area contributed by atoms with Crippen molar-refractivity contribution < 1.29 is 4.79 Å². The number of nitrogens with zero attached hydrogens (tertiary/aromatic N) is 3. The van der Waals surface area contributed by atoms with Gasteiger partial charge in [-0.1, -0.05) is 11.6 Å². The van der Waals surface area contributed by atoms with Gasteiger partial charge in [0.05, 0.1) is 16.6 Å². The highest BCUT2D eigenvalue weighted by Crippen LogP contribution is 2.29. The lowest BCUT2D eigenvalue weighted by Crippen LogP contribution is -2.06. The molecule has 0 atom stereocenters. The van der Waals surface area contributed by atoms with E-state index in [1.54, 1.807) is 11.5 Å². The lowest BCUT2D eigenvalue weighted by atomic mass is 10.1. The van der Waals surface area contributed by atoms with Crippen molar-refractivity contribution in [3.8, 4) is 0 Å². The van der Waals surface area contributed by atoms with Crippen LogP contribution in [0.3, 0.4) is 0 Å². The minimum absolute atomic E-state index is 0.0497. The van der Waals surface area contributed by atoms with Gasteiger partial charge in [0.1, 0.15) is 5.52 Å². The summed E-state index contributed by atoms with van der Waals surface area (Å²) in [5, 5.41) is 0.975. The van der Waals surface area contributed by atoms with E-state index in [2.05, 4.69) is 26.0 Å². The fourth-order valence-electron chi connectivity index (χ4n) is 3.11. The molecule has 0 saturated heterocycles. The van der Waals surface area contributed by atoms with Crippen LogP contribution in [0.4, 0.5) is 0 Å². The third-order valence-electron chi connectivity index (χ3n) is 4.44. The Kier molecular flexibility index (Phi) is 2.79. The first-order chi connectivity index (χ1) is 11.0.